The lowest BCUT2D eigenvalue weighted by Gasteiger charge is -1.97. The van der Waals surface area contributed by atoms with Crippen molar-refractivity contribution in [2.75, 3.05) is 0 Å². The minimum atomic E-state index is -0.940. The Bertz CT molecular complexity index is 303. The molecule has 1 N–H and O–H groups in total. The first kappa shape index (κ1) is 9.45. The van der Waals surface area contributed by atoms with E-state index in [-0.39, 0.29) is 18.6 Å². The molecule has 0 atom stereocenters. The van der Waals surface area contributed by atoms with Crippen molar-refractivity contribution in [1.82, 2.24) is 0 Å². The highest BCUT2D eigenvalue weighted by Crippen LogP contribution is 2.04. The second kappa shape index (κ2) is 4.40. The SMILES string of the molecule is O=C(O)CCC(=O)[14c]1[14cH][14cH][14cH][14cH][14cH]1. The summed E-state index contributed by atoms with van der Waals surface area (Å²) in [5.41, 5.74) is 0.573. The molecule has 0 aliphatic carbocycles. The number of benzene rings is 1. The predicted molar refractivity (Wildman–Crippen MR) is 47.6 cm³/mol. The van der Waals surface area contributed by atoms with Crippen LogP contribution in [0.3, 0.4) is 0 Å². The number of carboxylic acids is 1. The largest absolute Gasteiger partial charge is 0.481 e. The maximum absolute atomic E-state index is 11.3. The van der Waals surface area contributed by atoms with Gasteiger partial charge < -0.3 is 5.11 Å². The standard InChI is InChI=1S/C10H10O3/c11-9(6-7-10(12)13)8-4-2-1-3-5-8/h1-5H,6-7H2,(H,12,13)/i1+2,2+2,3+2,4+2,5+2,8+2. The van der Waals surface area contributed by atoms with E-state index >= 15 is 0 Å². The highest BCUT2D eigenvalue weighted by Gasteiger charge is 2.06. The summed E-state index contributed by atoms with van der Waals surface area (Å²) in [7, 11) is 0. The Morgan fingerprint density at radius 3 is 2.23 bits per heavy atom. The Balaban J connectivity index is 2.54. The van der Waals surface area contributed by atoms with Gasteiger partial charge in [0.25, 0.3) is 0 Å². The Morgan fingerprint density at radius 2 is 1.69 bits per heavy atom. The summed E-state index contributed by atoms with van der Waals surface area (Å²) in [5, 5.41) is 8.36. The third kappa shape index (κ3) is 3.07. The summed E-state index contributed by atoms with van der Waals surface area (Å²) in [6.07, 6.45) is -0.0346. The second-order valence-corrected chi connectivity index (χ2v) is 2.68. The Kier molecular flexibility index (Phi) is 3.20. The van der Waals surface area contributed by atoms with Crippen LogP contribution in [0, 0.1) is 0 Å². The van der Waals surface area contributed by atoms with Crippen LogP contribution >= 0.6 is 0 Å². The molecule has 0 unspecified atom stereocenters. The molecule has 0 spiro atoms. The molecule has 1 rings (SSSR count). The van der Waals surface area contributed by atoms with Crippen molar-refractivity contribution in [3.8, 4) is 0 Å². The minimum absolute atomic E-state index is 0.0688. The van der Waals surface area contributed by atoms with Gasteiger partial charge in [-0.3, -0.25) is 9.59 Å². The topological polar surface area (TPSA) is 54.4 Å². The molecule has 0 fully saturated rings. The van der Waals surface area contributed by atoms with Crippen LogP contribution in [0.15, 0.2) is 30.3 Å². The van der Waals surface area contributed by atoms with Gasteiger partial charge in [0, 0.05) is 12.0 Å². The van der Waals surface area contributed by atoms with Crippen LogP contribution in [0.5, 0.6) is 0 Å². The Morgan fingerprint density at radius 1 is 1.08 bits per heavy atom. The van der Waals surface area contributed by atoms with E-state index in [1.807, 2.05) is 6.07 Å². The van der Waals surface area contributed by atoms with Crippen molar-refractivity contribution in [1.29, 1.82) is 0 Å². The van der Waals surface area contributed by atoms with Crippen molar-refractivity contribution in [2.45, 2.75) is 12.8 Å². The molecular formula is C10H10O3. The van der Waals surface area contributed by atoms with Crippen LogP contribution in [0.1, 0.15) is 23.2 Å². The van der Waals surface area contributed by atoms with Gasteiger partial charge in [-0.05, 0) is 0 Å². The zero-order valence-corrected chi connectivity index (χ0v) is 7.06. The van der Waals surface area contributed by atoms with Gasteiger partial charge in [-0.25, -0.2) is 0 Å². The highest BCUT2D eigenvalue weighted by atomic mass is 16.4. The van der Waals surface area contributed by atoms with E-state index in [0.717, 1.165) is 0 Å². The molecule has 1 aromatic carbocycles. The molecule has 0 aliphatic heterocycles. The van der Waals surface area contributed by atoms with Crippen LogP contribution in [0.4, 0.5) is 0 Å². The molecular weight excluding hydrogens is 180 g/mol. The van der Waals surface area contributed by atoms with E-state index in [9.17, 15) is 9.59 Å². The van der Waals surface area contributed by atoms with Crippen molar-refractivity contribution in [3.05, 3.63) is 35.9 Å². The normalized spacial score (nSPS) is 9.54. The van der Waals surface area contributed by atoms with Gasteiger partial charge in [-0.15, -0.1) is 0 Å². The molecule has 0 aromatic heterocycles. The van der Waals surface area contributed by atoms with Crippen molar-refractivity contribution < 1.29 is 14.7 Å². The third-order valence-electron chi connectivity index (χ3n) is 1.66. The van der Waals surface area contributed by atoms with Crippen LogP contribution < -0.4 is 0 Å². The van der Waals surface area contributed by atoms with Crippen molar-refractivity contribution in [3.63, 3.8) is 0 Å². The fourth-order valence-corrected chi connectivity index (χ4v) is 0.989. The summed E-state index contributed by atoms with van der Waals surface area (Å²) in [6.45, 7) is 0. The minimum Gasteiger partial charge on any atom is -0.481 e. The molecule has 3 nitrogen and oxygen atoms in total. The summed E-state index contributed by atoms with van der Waals surface area (Å²) in [5.74, 6) is -1.06. The fraction of sp³-hybridized carbons (Fsp3) is 0.200. The molecule has 68 valence electrons. The highest BCUT2D eigenvalue weighted by molar-refractivity contribution is 5.97. The monoisotopic (exact) mass is 190 g/mol. The van der Waals surface area contributed by atoms with E-state index < -0.39 is 5.97 Å². The predicted octanol–water partition coefficient (Wildman–Crippen LogP) is 1.73. The Labute approximate surface area is 76.0 Å². The van der Waals surface area contributed by atoms with E-state index in [4.69, 9.17) is 5.11 Å². The fourth-order valence-electron chi connectivity index (χ4n) is 0.989. The quantitative estimate of drug-likeness (QED) is 0.735. The number of Topliss-reactive ketones (excluding diaryl/α,β-unsaturated/α-hetero) is 1. The summed E-state index contributed by atoms with van der Waals surface area (Å²) in [6, 6.07) is 8.70. The van der Waals surface area contributed by atoms with Crippen LogP contribution in [0.25, 0.3) is 0 Å². The Hall–Kier alpha value is -1.64. The van der Waals surface area contributed by atoms with Crippen molar-refractivity contribution >= 4 is 11.8 Å². The number of ketones is 1. The summed E-state index contributed by atoms with van der Waals surface area (Å²) >= 11 is 0. The van der Waals surface area contributed by atoms with E-state index in [2.05, 4.69) is 0 Å². The van der Waals surface area contributed by atoms with Crippen LogP contribution in [-0.4, -0.2) is 16.9 Å². The lowest BCUT2D eigenvalue weighted by Crippen LogP contribution is -2.03. The molecule has 0 heterocycles. The summed E-state index contributed by atoms with van der Waals surface area (Å²) in [4.78, 5) is 21.5. The average Bonchev–Trinajstić information content (AvgIpc) is 2.15. The van der Waals surface area contributed by atoms with Gasteiger partial charge in [0.05, 0.1) is 6.42 Å². The van der Waals surface area contributed by atoms with E-state index in [0.29, 0.717) is 5.56 Å². The first-order valence-electron chi connectivity index (χ1n) is 4.00. The number of carbonyl (C=O) groups excluding carboxylic acids is 1. The maximum atomic E-state index is 11.3. The number of hydrogen-bond acceptors (Lipinski definition) is 2. The molecule has 13 heavy (non-hydrogen) atoms. The van der Waals surface area contributed by atoms with Gasteiger partial charge in [-0.2, -0.15) is 0 Å². The smallest absolute Gasteiger partial charge is 0.303 e. The molecule has 1 aromatic rings. The number of rotatable bonds is 4. The number of carboxylic acid groups (broad SMARTS) is 1. The van der Waals surface area contributed by atoms with E-state index in [1.54, 1.807) is 24.3 Å². The second-order valence-electron chi connectivity index (χ2n) is 2.68. The first-order valence-corrected chi connectivity index (χ1v) is 4.00. The zero-order chi connectivity index (χ0) is 9.68. The average molecular weight is 190 g/mol. The van der Waals surface area contributed by atoms with E-state index in [1.165, 1.54) is 0 Å². The molecule has 0 amide bonds. The molecule has 0 radical (unpaired) electrons. The molecule has 3 heteroatoms. The van der Waals surface area contributed by atoms with Gasteiger partial charge in [0.1, 0.15) is 0 Å². The maximum Gasteiger partial charge on any atom is 0.303 e. The molecule has 0 saturated carbocycles. The molecule has 0 bridgehead atoms. The molecule has 0 saturated heterocycles. The van der Waals surface area contributed by atoms with Crippen molar-refractivity contribution in [2.24, 2.45) is 0 Å². The van der Waals surface area contributed by atoms with Gasteiger partial charge in [0.15, 0.2) is 5.78 Å². The molecule has 0 aliphatic rings. The summed E-state index contributed by atoms with van der Waals surface area (Å²) < 4.78 is 0. The lowest BCUT2D eigenvalue weighted by atomic mass is 10.3. The van der Waals surface area contributed by atoms with Gasteiger partial charge in [-0.1, -0.05) is 30.3 Å². The number of hydrogen-bond donors (Lipinski definition) is 1. The number of aliphatic carboxylic acids is 1. The van der Waals surface area contributed by atoms with Gasteiger partial charge in [0.2, 0.25) is 0 Å². The van der Waals surface area contributed by atoms with Crippen LogP contribution in [-0.2, 0) is 4.79 Å². The zero-order valence-electron chi connectivity index (χ0n) is 7.06. The first-order chi connectivity index (χ1) is 6.20. The van der Waals surface area contributed by atoms with Gasteiger partial charge >= 0.3 is 5.97 Å². The third-order valence-corrected chi connectivity index (χ3v) is 1.66. The van der Waals surface area contributed by atoms with Crippen LogP contribution in [0.2, 0.25) is 0 Å². The number of carbonyl (C=O) groups is 2. The lowest BCUT2D eigenvalue weighted by molar-refractivity contribution is -0.136.